The van der Waals surface area contributed by atoms with Crippen LogP contribution < -0.4 is 16.2 Å². The maximum Gasteiger partial charge on any atom is 0.221 e. The van der Waals surface area contributed by atoms with E-state index >= 15 is 0 Å². The Balaban J connectivity index is 2.34. The molecule has 0 amide bonds. The number of aromatic nitrogens is 1. The van der Waals surface area contributed by atoms with Crippen molar-refractivity contribution in [1.82, 2.24) is 4.98 Å². The Morgan fingerprint density at radius 2 is 2.00 bits per heavy atom. The molecule has 0 saturated carbocycles. The van der Waals surface area contributed by atoms with Crippen LogP contribution in [-0.2, 0) is 0 Å². The number of pyridine rings is 1. The van der Waals surface area contributed by atoms with Gasteiger partial charge in [-0.1, -0.05) is 11.6 Å². The molecule has 0 saturated heterocycles. The molecule has 94 valence electrons. The van der Waals surface area contributed by atoms with Gasteiger partial charge in [-0.2, -0.15) is 4.98 Å². The Kier molecular flexibility index (Phi) is 3.58. The fraction of sp³-hybridized carbons (Fsp3) is 0. The average Bonchev–Trinajstić information content (AvgIpc) is 2.31. The SMILES string of the molecule is Nc1ccc(Oc2cc(F)c(Cl)cc2Br)nc1N. The van der Waals surface area contributed by atoms with E-state index in [1.165, 1.54) is 12.1 Å². The number of anilines is 2. The minimum absolute atomic E-state index is 0.000922. The highest BCUT2D eigenvalue weighted by Gasteiger charge is 2.10. The van der Waals surface area contributed by atoms with Crippen LogP contribution in [0, 0.1) is 5.82 Å². The van der Waals surface area contributed by atoms with Crippen LogP contribution in [0.25, 0.3) is 0 Å². The van der Waals surface area contributed by atoms with Crippen molar-refractivity contribution in [3.8, 4) is 11.6 Å². The molecule has 0 atom stereocenters. The van der Waals surface area contributed by atoms with Crippen molar-refractivity contribution in [2.75, 3.05) is 11.5 Å². The number of rotatable bonds is 2. The zero-order valence-corrected chi connectivity index (χ0v) is 11.3. The molecule has 0 aliphatic rings. The number of benzene rings is 1. The lowest BCUT2D eigenvalue weighted by atomic mass is 10.3. The van der Waals surface area contributed by atoms with Crippen LogP contribution in [0.5, 0.6) is 11.6 Å². The van der Waals surface area contributed by atoms with E-state index < -0.39 is 5.82 Å². The quantitative estimate of drug-likeness (QED) is 0.824. The van der Waals surface area contributed by atoms with E-state index in [1.54, 1.807) is 6.07 Å². The van der Waals surface area contributed by atoms with Crippen LogP contribution in [0.1, 0.15) is 0 Å². The second kappa shape index (κ2) is 4.99. The largest absolute Gasteiger partial charge is 0.438 e. The first-order valence-corrected chi connectivity index (χ1v) is 5.99. The van der Waals surface area contributed by atoms with E-state index in [-0.39, 0.29) is 22.5 Å². The summed E-state index contributed by atoms with van der Waals surface area (Å²) in [6.45, 7) is 0. The van der Waals surface area contributed by atoms with Crippen molar-refractivity contribution in [3.05, 3.63) is 39.6 Å². The summed E-state index contributed by atoms with van der Waals surface area (Å²) in [4.78, 5) is 3.92. The lowest BCUT2D eigenvalue weighted by Gasteiger charge is -2.09. The third-order valence-electron chi connectivity index (χ3n) is 2.12. The minimum atomic E-state index is -0.585. The summed E-state index contributed by atoms with van der Waals surface area (Å²) in [5.74, 6) is 0.0223. The number of hydrogen-bond acceptors (Lipinski definition) is 4. The van der Waals surface area contributed by atoms with Gasteiger partial charge in [0.15, 0.2) is 5.82 Å². The molecule has 1 heterocycles. The highest BCUT2D eigenvalue weighted by Crippen LogP contribution is 2.33. The molecular weight excluding hydrogens is 324 g/mol. The van der Waals surface area contributed by atoms with Crippen LogP contribution in [0.3, 0.4) is 0 Å². The summed E-state index contributed by atoms with van der Waals surface area (Å²) in [6.07, 6.45) is 0. The first kappa shape index (κ1) is 12.9. The molecule has 18 heavy (non-hydrogen) atoms. The van der Waals surface area contributed by atoms with Gasteiger partial charge in [0.1, 0.15) is 11.6 Å². The van der Waals surface area contributed by atoms with Gasteiger partial charge in [-0.15, -0.1) is 0 Å². The predicted molar refractivity (Wildman–Crippen MR) is 72.2 cm³/mol. The fourth-order valence-corrected chi connectivity index (χ4v) is 1.94. The third kappa shape index (κ3) is 2.65. The van der Waals surface area contributed by atoms with Crippen molar-refractivity contribution in [1.29, 1.82) is 0 Å². The molecule has 4 nitrogen and oxygen atoms in total. The zero-order chi connectivity index (χ0) is 13.3. The van der Waals surface area contributed by atoms with Crippen molar-refractivity contribution in [2.24, 2.45) is 0 Å². The molecule has 4 N–H and O–H groups in total. The second-order valence-electron chi connectivity index (χ2n) is 3.42. The molecule has 0 unspecified atom stereocenters. The maximum absolute atomic E-state index is 13.3. The summed E-state index contributed by atoms with van der Waals surface area (Å²) in [5, 5.41) is -0.000922. The van der Waals surface area contributed by atoms with Crippen LogP contribution in [0.15, 0.2) is 28.7 Å². The highest BCUT2D eigenvalue weighted by molar-refractivity contribution is 9.10. The number of hydrogen-bond donors (Lipinski definition) is 2. The number of halogens is 3. The Bertz CT molecular complexity index is 609. The van der Waals surface area contributed by atoms with Gasteiger partial charge in [0.2, 0.25) is 5.88 Å². The summed E-state index contributed by atoms with van der Waals surface area (Å²) >= 11 is 8.83. The Morgan fingerprint density at radius 1 is 1.28 bits per heavy atom. The lowest BCUT2D eigenvalue weighted by Crippen LogP contribution is -1.99. The van der Waals surface area contributed by atoms with Crippen molar-refractivity contribution in [3.63, 3.8) is 0 Å². The van der Waals surface area contributed by atoms with E-state index in [1.807, 2.05) is 0 Å². The predicted octanol–water partition coefficient (Wildman–Crippen LogP) is 3.59. The molecule has 2 aromatic rings. The fourth-order valence-electron chi connectivity index (χ4n) is 1.22. The molecule has 0 radical (unpaired) electrons. The third-order valence-corrected chi connectivity index (χ3v) is 3.03. The van der Waals surface area contributed by atoms with Crippen molar-refractivity contribution < 1.29 is 9.13 Å². The van der Waals surface area contributed by atoms with E-state index in [0.29, 0.717) is 10.2 Å². The Labute approximate surface area is 116 Å². The first-order chi connectivity index (χ1) is 8.47. The Hall–Kier alpha value is -1.53. The van der Waals surface area contributed by atoms with Gasteiger partial charge in [0.05, 0.1) is 15.2 Å². The van der Waals surface area contributed by atoms with E-state index in [9.17, 15) is 4.39 Å². The molecule has 0 fully saturated rings. The van der Waals surface area contributed by atoms with Crippen LogP contribution in [0.2, 0.25) is 5.02 Å². The molecule has 0 aliphatic heterocycles. The summed E-state index contributed by atoms with van der Waals surface area (Å²) in [6, 6.07) is 5.63. The monoisotopic (exact) mass is 331 g/mol. The molecule has 1 aromatic heterocycles. The van der Waals surface area contributed by atoms with Crippen molar-refractivity contribution >= 4 is 39.0 Å². The van der Waals surface area contributed by atoms with Gasteiger partial charge in [-0.25, -0.2) is 4.39 Å². The molecule has 0 spiro atoms. The maximum atomic E-state index is 13.3. The molecule has 7 heteroatoms. The Morgan fingerprint density at radius 3 is 2.67 bits per heavy atom. The molecular formula is C11H8BrClFN3O. The zero-order valence-electron chi connectivity index (χ0n) is 8.95. The van der Waals surface area contributed by atoms with Crippen LogP contribution >= 0.6 is 27.5 Å². The molecule has 0 aliphatic carbocycles. The van der Waals surface area contributed by atoms with Gasteiger partial charge in [-0.05, 0) is 28.1 Å². The summed E-state index contributed by atoms with van der Waals surface area (Å²) < 4.78 is 19.2. The highest BCUT2D eigenvalue weighted by atomic mass is 79.9. The lowest BCUT2D eigenvalue weighted by molar-refractivity contribution is 0.456. The van der Waals surface area contributed by atoms with E-state index in [2.05, 4.69) is 20.9 Å². The van der Waals surface area contributed by atoms with E-state index in [0.717, 1.165) is 6.07 Å². The second-order valence-corrected chi connectivity index (χ2v) is 4.68. The normalized spacial score (nSPS) is 10.4. The van der Waals surface area contributed by atoms with Gasteiger partial charge in [0.25, 0.3) is 0 Å². The van der Waals surface area contributed by atoms with Gasteiger partial charge >= 0.3 is 0 Å². The summed E-state index contributed by atoms with van der Waals surface area (Å²) in [7, 11) is 0. The number of nitrogens with two attached hydrogens (primary N) is 2. The van der Waals surface area contributed by atoms with Gasteiger partial charge < -0.3 is 16.2 Å². The standard InChI is InChI=1S/C11H8BrClFN3O/c12-5-3-6(13)7(14)4-9(5)18-10-2-1-8(15)11(16)17-10/h1-4H,15H2,(H2,16,17). The van der Waals surface area contributed by atoms with Crippen LogP contribution in [-0.4, -0.2) is 4.98 Å². The van der Waals surface area contributed by atoms with E-state index in [4.69, 9.17) is 27.8 Å². The summed E-state index contributed by atoms with van der Waals surface area (Å²) in [5.41, 5.74) is 11.4. The van der Waals surface area contributed by atoms with Gasteiger partial charge in [0, 0.05) is 12.1 Å². The van der Waals surface area contributed by atoms with Crippen molar-refractivity contribution in [2.45, 2.75) is 0 Å². The molecule has 2 rings (SSSR count). The number of nitrogen functional groups attached to an aromatic ring is 2. The molecule has 1 aromatic carbocycles. The van der Waals surface area contributed by atoms with Crippen LogP contribution in [0.4, 0.5) is 15.9 Å². The van der Waals surface area contributed by atoms with Gasteiger partial charge in [-0.3, -0.25) is 0 Å². The minimum Gasteiger partial charge on any atom is -0.438 e. The number of nitrogens with zero attached hydrogens (tertiary/aromatic N) is 1. The topological polar surface area (TPSA) is 74.2 Å². The molecule has 0 bridgehead atoms. The smallest absolute Gasteiger partial charge is 0.221 e. The number of ether oxygens (including phenoxy) is 1. The first-order valence-electron chi connectivity index (χ1n) is 4.82. The average molecular weight is 333 g/mol.